The van der Waals surface area contributed by atoms with Gasteiger partial charge in [-0.2, -0.15) is 0 Å². The number of hydrogen-bond acceptors (Lipinski definition) is 4. The number of piperidine rings is 1. The Bertz CT molecular complexity index is 770. The first kappa shape index (κ1) is 21.7. The molecular weight excluding hydrogens is 390 g/mol. The average molecular weight is 426 g/mol. The Hall–Kier alpha value is -2.54. The Labute approximate surface area is 185 Å². The molecule has 3 heterocycles. The quantitative estimate of drug-likeness (QED) is 0.445. The van der Waals surface area contributed by atoms with Crippen LogP contribution in [0.1, 0.15) is 25.3 Å². The van der Waals surface area contributed by atoms with Crippen molar-refractivity contribution in [1.29, 1.82) is 0 Å². The minimum Gasteiger partial charge on any atom is -0.378 e. The van der Waals surface area contributed by atoms with E-state index < -0.39 is 0 Å². The summed E-state index contributed by atoms with van der Waals surface area (Å²) in [6.07, 6.45) is 6.19. The zero-order valence-corrected chi connectivity index (χ0v) is 18.6. The summed E-state index contributed by atoms with van der Waals surface area (Å²) in [5.41, 5.74) is 2.47. The van der Waals surface area contributed by atoms with Gasteiger partial charge in [-0.05, 0) is 37.5 Å². The summed E-state index contributed by atoms with van der Waals surface area (Å²) >= 11 is 0. The molecule has 1 aromatic rings. The predicted molar refractivity (Wildman–Crippen MR) is 124 cm³/mol. The second-order valence-electron chi connectivity index (χ2n) is 8.41. The molecule has 0 saturated carbocycles. The third-order valence-corrected chi connectivity index (χ3v) is 6.33. The average Bonchev–Trinajstić information content (AvgIpc) is 3.37. The number of guanidine groups is 1. The number of hydrogen-bond donors (Lipinski definition) is 1. The van der Waals surface area contributed by atoms with Crippen molar-refractivity contribution in [2.24, 2.45) is 10.9 Å². The molecule has 2 saturated heterocycles. The van der Waals surface area contributed by atoms with Crippen LogP contribution in [0.5, 0.6) is 0 Å². The molecule has 3 aliphatic rings. The molecule has 2 fully saturated rings. The van der Waals surface area contributed by atoms with Gasteiger partial charge in [0.1, 0.15) is 0 Å². The number of carbonyl (C=O) groups excluding carboxylic acids is 1. The van der Waals surface area contributed by atoms with Gasteiger partial charge < -0.3 is 24.8 Å². The van der Waals surface area contributed by atoms with Gasteiger partial charge in [-0.25, -0.2) is 4.99 Å². The number of amides is 1. The van der Waals surface area contributed by atoms with Crippen LogP contribution in [0.2, 0.25) is 0 Å². The number of nitrogens with zero attached hydrogens (tertiary/aromatic N) is 4. The van der Waals surface area contributed by atoms with Crippen LogP contribution in [0, 0.1) is 5.92 Å². The zero-order chi connectivity index (χ0) is 21.5. The van der Waals surface area contributed by atoms with E-state index in [0.717, 1.165) is 64.6 Å². The first-order valence-electron chi connectivity index (χ1n) is 11.6. The summed E-state index contributed by atoms with van der Waals surface area (Å²) in [7, 11) is 0. The smallest absolute Gasteiger partial charge is 0.225 e. The van der Waals surface area contributed by atoms with Gasteiger partial charge >= 0.3 is 0 Å². The highest BCUT2D eigenvalue weighted by Gasteiger charge is 2.30. The molecular formula is C24H35N5O2. The Balaban J connectivity index is 1.31. The van der Waals surface area contributed by atoms with E-state index in [4.69, 9.17) is 9.73 Å². The summed E-state index contributed by atoms with van der Waals surface area (Å²) in [6.45, 7) is 10.1. The van der Waals surface area contributed by atoms with E-state index in [2.05, 4.69) is 58.5 Å². The van der Waals surface area contributed by atoms with Crippen molar-refractivity contribution in [1.82, 2.24) is 15.1 Å². The fourth-order valence-electron chi connectivity index (χ4n) is 4.47. The van der Waals surface area contributed by atoms with Gasteiger partial charge in [0.05, 0.1) is 19.8 Å². The minimum atomic E-state index is 0.129. The van der Waals surface area contributed by atoms with Crippen LogP contribution in [-0.4, -0.2) is 80.7 Å². The molecule has 3 aliphatic heterocycles. The van der Waals surface area contributed by atoms with Crippen molar-refractivity contribution in [3.63, 3.8) is 0 Å². The van der Waals surface area contributed by atoms with Crippen LogP contribution < -0.4 is 10.2 Å². The van der Waals surface area contributed by atoms with Crippen LogP contribution in [-0.2, 0) is 16.1 Å². The monoisotopic (exact) mass is 425 g/mol. The number of ether oxygens (including phenoxy) is 1. The van der Waals surface area contributed by atoms with E-state index in [-0.39, 0.29) is 5.92 Å². The molecule has 0 aliphatic carbocycles. The van der Waals surface area contributed by atoms with E-state index in [9.17, 15) is 4.79 Å². The standard InChI is InChI=1S/C24H35N5O2/c1-2-25-24(26-19-20-5-7-22(8-6-20)27-11-3-4-12-27)29-13-9-21(10-14-29)23(30)28-15-17-31-18-16-28/h3-8,21H,2,9-19H2,1H3,(H,25,26). The third kappa shape index (κ3) is 5.58. The lowest BCUT2D eigenvalue weighted by molar-refractivity contribution is -0.140. The first-order valence-corrected chi connectivity index (χ1v) is 11.6. The zero-order valence-electron chi connectivity index (χ0n) is 18.6. The maximum absolute atomic E-state index is 12.8. The van der Waals surface area contributed by atoms with Crippen LogP contribution in [0.15, 0.2) is 41.4 Å². The summed E-state index contributed by atoms with van der Waals surface area (Å²) in [5, 5.41) is 3.43. The van der Waals surface area contributed by atoms with Crippen LogP contribution in [0.25, 0.3) is 0 Å². The Morgan fingerprint density at radius 1 is 1.03 bits per heavy atom. The molecule has 0 unspecified atom stereocenters. The Morgan fingerprint density at radius 2 is 1.71 bits per heavy atom. The van der Waals surface area contributed by atoms with Crippen LogP contribution in [0.4, 0.5) is 5.69 Å². The lowest BCUT2D eigenvalue weighted by Crippen LogP contribution is -2.50. The molecule has 1 amide bonds. The minimum absolute atomic E-state index is 0.129. The van der Waals surface area contributed by atoms with Crippen molar-refractivity contribution >= 4 is 17.6 Å². The predicted octanol–water partition coefficient (Wildman–Crippen LogP) is 2.10. The number of nitrogens with one attached hydrogen (secondary N) is 1. The molecule has 1 N–H and O–H groups in total. The topological polar surface area (TPSA) is 60.4 Å². The van der Waals surface area contributed by atoms with Crippen LogP contribution in [0.3, 0.4) is 0 Å². The van der Waals surface area contributed by atoms with Crippen molar-refractivity contribution in [3.05, 3.63) is 42.0 Å². The summed E-state index contributed by atoms with van der Waals surface area (Å²) in [6, 6.07) is 8.73. The highest BCUT2D eigenvalue weighted by atomic mass is 16.5. The van der Waals surface area contributed by atoms with Crippen molar-refractivity contribution < 1.29 is 9.53 Å². The number of benzene rings is 1. The van der Waals surface area contributed by atoms with Gasteiger partial charge in [0.25, 0.3) is 0 Å². The van der Waals surface area contributed by atoms with Crippen molar-refractivity contribution in [2.45, 2.75) is 26.3 Å². The molecule has 0 atom stereocenters. The van der Waals surface area contributed by atoms with E-state index in [0.29, 0.717) is 25.7 Å². The molecule has 0 spiro atoms. The maximum Gasteiger partial charge on any atom is 0.225 e. The van der Waals surface area contributed by atoms with Gasteiger partial charge in [-0.3, -0.25) is 4.79 Å². The summed E-state index contributed by atoms with van der Waals surface area (Å²) < 4.78 is 5.38. The Morgan fingerprint density at radius 3 is 2.35 bits per heavy atom. The molecule has 7 heteroatoms. The van der Waals surface area contributed by atoms with E-state index >= 15 is 0 Å². The number of rotatable bonds is 5. The van der Waals surface area contributed by atoms with E-state index in [1.807, 2.05) is 4.90 Å². The molecule has 4 rings (SSSR count). The number of anilines is 1. The summed E-state index contributed by atoms with van der Waals surface area (Å²) in [5.74, 6) is 1.38. The van der Waals surface area contributed by atoms with Gasteiger partial charge in [0, 0.05) is 57.4 Å². The lowest BCUT2D eigenvalue weighted by atomic mass is 9.95. The molecule has 0 radical (unpaired) electrons. The van der Waals surface area contributed by atoms with E-state index in [1.54, 1.807) is 0 Å². The number of aliphatic imine (C=N–C) groups is 1. The molecule has 31 heavy (non-hydrogen) atoms. The molecule has 1 aromatic carbocycles. The highest BCUT2D eigenvalue weighted by Crippen LogP contribution is 2.21. The lowest BCUT2D eigenvalue weighted by Gasteiger charge is -2.36. The summed E-state index contributed by atoms with van der Waals surface area (Å²) in [4.78, 5) is 24.3. The van der Waals surface area contributed by atoms with Gasteiger partial charge in [-0.15, -0.1) is 0 Å². The normalized spacial score (nSPS) is 20.4. The molecule has 168 valence electrons. The van der Waals surface area contributed by atoms with Gasteiger partial charge in [-0.1, -0.05) is 24.3 Å². The molecule has 0 aromatic heterocycles. The SMILES string of the molecule is CCNC(=NCc1ccc(N2CC=CC2)cc1)N1CCC(C(=O)N2CCOCC2)CC1. The number of morpholine rings is 1. The molecule has 7 nitrogen and oxygen atoms in total. The van der Waals surface area contributed by atoms with Crippen molar-refractivity contribution in [3.8, 4) is 0 Å². The fraction of sp³-hybridized carbons (Fsp3) is 0.583. The number of carbonyl (C=O) groups is 1. The van der Waals surface area contributed by atoms with Crippen molar-refractivity contribution in [2.75, 3.05) is 63.9 Å². The third-order valence-electron chi connectivity index (χ3n) is 6.33. The second kappa shape index (κ2) is 10.7. The second-order valence-corrected chi connectivity index (χ2v) is 8.41. The maximum atomic E-state index is 12.8. The highest BCUT2D eigenvalue weighted by molar-refractivity contribution is 5.82. The van der Waals surface area contributed by atoms with Crippen LogP contribution >= 0.6 is 0 Å². The van der Waals surface area contributed by atoms with Gasteiger partial charge in [0.15, 0.2) is 5.96 Å². The van der Waals surface area contributed by atoms with E-state index in [1.165, 1.54) is 11.3 Å². The largest absolute Gasteiger partial charge is 0.378 e. The Kier molecular flexibility index (Phi) is 7.46. The fourth-order valence-corrected chi connectivity index (χ4v) is 4.47. The van der Waals surface area contributed by atoms with Gasteiger partial charge in [0.2, 0.25) is 5.91 Å². The number of likely N-dealkylation sites (tertiary alicyclic amines) is 1. The molecule has 0 bridgehead atoms. The first-order chi connectivity index (χ1) is 15.2.